The zero-order valence-electron chi connectivity index (χ0n) is 8.81. The molecule has 2 heterocycles. The normalized spacial score (nSPS) is 19.7. The Morgan fingerprint density at radius 1 is 1.50 bits per heavy atom. The summed E-state index contributed by atoms with van der Waals surface area (Å²) in [6.07, 6.45) is -4.80. The van der Waals surface area contributed by atoms with Crippen molar-refractivity contribution < 1.29 is 27.9 Å². The fourth-order valence-corrected chi connectivity index (χ4v) is 1.56. The number of nitrogens with zero attached hydrogens (tertiary/aromatic N) is 2. The van der Waals surface area contributed by atoms with Crippen molar-refractivity contribution in [3.05, 3.63) is 17.7 Å². The predicted octanol–water partition coefficient (Wildman–Crippen LogP) is 0.586. The molecule has 1 aromatic heterocycles. The van der Waals surface area contributed by atoms with Crippen molar-refractivity contribution in [1.82, 2.24) is 4.98 Å². The summed E-state index contributed by atoms with van der Waals surface area (Å²) >= 11 is 0. The van der Waals surface area contributed by atoms with E-state index in [9.17, 15) is 23.2 Å². The molecule has 0 aromatic carbocycles. The van der Waals surface area contributed by atoms with Crippen molar-refractivity contribution in [3.8, 4) is 5.88 Å². The molecule has 3 N–H and O–H groups in total. The van der Waals surface area contributed by atoms with Crippen LogP contribution in [0.2, 0.25) is 0 Å². The number of amides is 1. The number of aromatic nitrogens is 1. The maximum absolute atomic E-state index is 12.0. The van der Waals surface area contributed by atoms with Gasteiger partial charge in [0.25, 0.3) is 5.91 Å². The number of pyridine rings is 1. The van der Waals surface area contributed by atoms with Crippen LogP contribution in [0.5, 0.6) is 5.88 Å². The van der Waals surface area contributed by atoms with Crippen LogP contribution in [0.25, 0.3) is 0 Å². The molecule has 18 heavy (non-hydrogen) atoms. The number of hydrogen-bond acceptors (Lipinski definition) is 5. The molecule has 9 heteroatoms. The minimum atomic E-state index is -4.89. The van der Waals surface area contributed by atoms with Crippen LogP contribution in [0.1, 0.15) is 5.56 Å². The smallest absolute Gasteiger partial charge is 0.388 e. The summed E-state index contributed by atoms with van der Waals surface area (Å²) in [5.74, 6) is -1.90. The maximum atomic E-state index is 12.0. The highest BCUT2D eigenvalue weighted by Gasteiger charge is 2.34. The van der Waals surface area contributed by atoms with Crippen LogP contribution in [-0.2, 0) is 11.2 Å². The molecule has 98 valence electrons. The number of ether oxygens (including phenoxy) is 1. The van der Waals surface area contributed by atoms with E-state index >= 15 is 0 Å². The van der Waals surface area contributed by atoms with Crippen LogP contribution in [0.3, 0.4) is 0 Å². The lowest BCUT2D eigenvalue weighted by molar-refractivity contribution is -0.276. The largest absolute Gasteiger partial charge is 0.574 e. The average molecular weight is 263 g/mol. The first kappa shape index (κ1) is 12.6. The third kappa shape index (κ3) is 2.36. The zero-order valence-corrected chi connectivity index (χ0v) is 8.81. The van der Waals surface area contributed by atoms with Gasteiger partial charge in [0.1, 0.15) is 0 Å². The van der Waals surface area contributed by atoms with Crippen LogP contribution in [-0.4, -0.2) is 28.5 Å². The number of anilines is 1. The number of alkyl halides is 3. The molecule has 0 unspecified atom stereocenters. The Kier molecular flexibility index (Phi) is 2.87. The van der Waals surface area contributed by atoms with Crippen LogP contribution in [0.4, 0.5) is 19.0 Å². The number of nitrogens with two attached hydrogens (primary N) is 1. The summed E-state index contributed by atoms with van der Waals surface area (Å²) in [4.78, 5) is 14.8. The minimum absolute atomic E-state index is 0.0878. The Hall–Kier alpha value is -1.87. The quantitative estimate of drug-likeness (QED) is 0.724. The van der Waals surface area contributed by atoms with Gasteiger partial charge in [-0.05, 0) is 11.6 Å². The Bertz CT molecular complexity index is 492. The molecule has 1 aliphatic rings. The van der Waals surface area contributed by atoms with Gasteiger partial charge in [0, 0.05) is 12.5 Å². The number of carbonyl (C=O) groups is 1. The fourth-order valence-electron chi connectivity index (χ4n) is 1.56. The van der Waals surface area contributed by atoms with Crippen LogP contribution in [0, 0.1) is 0 Å². The van der Waals surface area contributed by atoms with Gasteiger partial charge < -0.3 is 10.5 Å². The minimum Gasteiger partial charge on any atom is -0.388 e. The van der Waals surface area contributed by atoms with E-state index in [1.807, 2.05) is 0 Å². The third-order valence-electron chi connectivity index (χ3n) is 2.32. The Labute approximate surface area is 98.7 Å². The third-order valence-corrected chi connectivity index (χ3v) is 2.32. The van der Waals surface area contributed by atoms with Crippen molar-refractivity contribution in [2.24, 2.45) is 5.73 Å². The highest BCUT2D eigenvalue weighted by Crippen LogP contribution is 2.28. The molecule has 0 saturated heterocycles. The molecule has 0 radical (unpaired) electrons. The van der Waals surface area contributed by atoms with E-state index in [0.717, 1.165) is 6.07 Å². The monoisotopic (exact) mass is 263 g/mol. The number of halogens is 3. The second-order valence-corrected chi connectivity index (χ2v) is 3.64. The predicted molar refractivity (Wildman–Crippen MR) is 51.9 cm³/mol. The number of carbonyl (C=O) groups excluding carboxylic acids is 1. The summed E-state index contributed by atoms with van der Waals surface area (Å²) in [6, 6.07) is 1.31. The molecule has 1 amide bonds. The van der Waals surface area contributed by atoms with Crippen molar-refractivity contribution in [3.63, 3.8) is 0 Å². The van der Waals surface area contributed by atoms with E-state index < -0.39 is 24.2 Å². The molecule has 1 aliphatic heterocycles. The van der Waals surface area contributed by atoms with Gasteiger partial charge in [0.05, 0.1) is 6.04 Å². The topological polar surface area (TPSA) is 88.7 Å². The summed E-state index contributed by atoms with van der Waals surface area (Å²) < 4.78 is 39.5. The van der Waals surface area contributed by atoms with Gasteiger partial charge in [0.15, 0.2) is 5.82 Å². The van der Waals surface area contributed by atoms with Gasteiger partial charge in [-0.3, -0.25) is 10.0 Å². The first-order chi connectivity index (χ1) is 8.28. The molecule has 0 saturated carbocycles. The van der Waals surface area contributed by atoms with Gasteiger partial charge in [-0.1, -0.05) is 0 Å². The van der Waals surface area contributed by atoms with Crippen molar-refractivity contribution in [1.29, 1.82) is 0 Å². The number of rotatable bonds is 1. The molecular weight excluding hydrogens is 255 g/mol. The maximum Gasteiger partial charge on any atom is 0.574 e. The van der Waals surface area contributed by atoms with Crippen molar-refractivity contribution >= 4 is 11.7 Å². The molecule has 2 rings (SSSR count). The van der Waals surface area contributed by atoms with Gasteiger partial charge in [-0.25, -0.2) is 0 Å². The van der Waals surface area contributed by atoms with E-state index in [1.54, 1.807) is 0 Å². The van der Waals surface area contributed by atoms with E-state index in [4.69, 9.17) is 5.73 Å². The molecule has 6 nitrogen and oxygen atoms in total. The highest BCUT2D eigenvalue weighted by molar-refractivity contribution is 5.97. The molecule has 0 fully saturated rings. The molecule has 0 aliphatic carbocycles. The van der Waals surface area contributed by atoms with Crippen LogP contribution >= 0.6 is 0 Å². The van der Waals surface area contributed by atoms with Gasteiger partial charge >= 0.3 is 6.36 Å². The number of fused-ring (bicyclic) bond motifs is 1. The second kappa shape index (κ2) is 4.10. The summed E-state index contributed by atoms with van der Waals surface area (Å²) in [5.41, 5.74) is 5.79. The number of hydroxylamine groups is 1. The van der Waals surface area contributed by atoms with Crippen LogP contribution < -0.4 is 15.5 Å². The van der Waals surface area contributed by atoms with E-state index in [0.29, 0.717) is 5.56 Å². The lowest BCUT2D eigenvalue weighted by Gasteiger charge is -2.26. The molecule has 0 bridgehead atoms. The second-order valence-electron chi connectivity index (χ2n) is 3.64. The molecule has 1 atom stereocenters. The van der Waals surface area contributed by atoms with Crippen LogP contribution in [0.15, 0.2) is 12.1 Å². The van der Waals surface area contributed by atoms with Crippen molar-refractivity contribution in [2.45, 2.75) is 18.8 Å². The van der Waals surface area contributed by atoms with Gasteiger partial charge in [-0.2, -0.15) is 10.0 Å². The van der Waals surface area contributed by atoms with E-state index in [1.165, 1.54) is 6.07 Å². The molecule has 1 aromatic rings. The first-order valence-electron chi connectivity index (χ1n) is 4.82. The lowest BCUT2D eigenvalue weighted by atomic mass is 10.0. The first-order valence-corrected chi connectivity index (χ1v) is 4.82. The standard InChI is InChI=1S/C9H8F3N3O3/c10-9(11,12)18-6-2-1-4-3-5(13)8(16)15(17)7(4)14-6/h1-2,5,17H,3,13H2/t5-/m0/s1. The lowest BCUT2D eigenvalue weighted by Crippen LogP contribution is -2.47. The Morgan fingerprint density at radius 2 is 2.17 bits per heavy atom. The van der Waals surface area contributed by atoms with E-state index in [-0.39, 0.29) is 17.3 Å². The molecular formula is C9H8F3N3O3. The average Bonchev–Trinajstić information content (AvgIpc) is 2.25. The molecule has 0 spiro atoms. The summed E-state index contributed by atoms with van der Waals surface area (Å²) in [6.45, 7) is 0. The number of hydrogen-bond donors (Lipinski definition) is 2. The zero-order chi connectivity index (χ0) is 13.5. The Balaban J connectivity index is 2.35. The van der Waals surface area contributed by atoms with Gasteiger partial charge in [-0.15, -0.1) is 13.2 Å². The Morgan fingerprint density at radius 3 is 2.78 bits per heavy atom. The van der Waals surface area contributed by atoms with Gasteiger partial charge in [0.2, 0.25) is 5.88 Å². The SMILES string of the molecule is N[C@H]1Cc2ccc(OC(F)(F)F)nc2N(O)C1=O. The highest BCUT2D eigenvalue weighted by atomic mass is 19.4. The fraction of sp³-hybridized carbons (Fsp3) is 0.333. The summed E-state index contributed by atoms with van der Waals surface area (Å²) in [7, 11) is 0. The summed E-state index contributed by atoms with van der Waals surface area (Å²) in [5, 5.41) is 9.56. The van der Waals surface area contributed by atoms with E-state index in [2.05, 4.69) is 9.72 Å². The van der Waals surface area contributed by atoms with Crippen molar-refractivity contribution in [2.75, 3.05) is 5.06 Å².